The summed E-state index contributed by atoms with van der Waals surface area (Å²) >= 11 is 0. The highest BCUT2D eigenvalue weighted by atomic mass is 19.1. The molecule has 0 atom stereocenters. The normalized spacial score (nSPS) is 10.4. The maximum Gasteiger partial charge on any atom is 0.271 e. The van der Waals surface area contributed by atoms with Crippen LogP contribution in [0.15, 0.2) is 71.8 Å². The molecule has 0 unspecified atom stereocenters. The van der Waals surface area contributed by atoms with Gasteiger partial charge in [-0.15, -0.1) is 0 Å². The van der Waals surface area contributed by atoms with Crippen molar-refractivity contribution in [2.45, 2.75) is 6.61 Å². The van der Waals surface area contributed by atoms with Crippen LogP contribution in [-0.4, -0.2) is 19.2 Å². The number of halogens is 1. The van der Waals surface area contributed by atoms with Crippen molar-refractivity contribution in [1.29, 1.82) is 5.26 Å². The number of hydrogen-bond acceptors (Lipinski definition) is 5. The maximum atomic E-state index is 12.9. The monoisotopic (exact) mass is 403 g/mol. The van der Waals surface area contributed by atoms with Crippen LogP contribution in [0.5, 0.6) is 11.5 Å². The fourth-order valence-electron chi connectivity index (χ4n) is 2.61. The van der Waals surface area contributed by atoms with Crippen molar-refractivity contribution < 1.29 is 18.7 Å². The summed E-state index contributed by atoms with van der Waals surface area (Å²) in [6.07, 6.45) is 1.46. The number of carbonyl (C=O) groups is 1. The predicted molar refractivity (Wildman–Crippen MR) is 110 cm³/mol. The zero-order valence-corrected chi connectivity index (χ0v) is 16.1. The average Bonchev–Trinajstić information content (AvgIpc) is 2.78. The van der Waals surface area contributed by atoms with E-state index in [9.17, 15) is 9.18 Å². The molecule has 1 N–H and O–H groups in total. The molecule has 0 fully saturated rings. The highest BCUT2D eigenvalue weighted by Crippen LogP contribution is 2.28. The first-order chi connectivity index (χ1) is 14.6. The van der Waals surface area contributed by atoms with Crippen LogP contribution in [0.1, 0.15) is 27.0 Å². The fraction of sp³-hybridized carbons (Fsp3) is 0.0870. The number of carbonyl (C=O) groups excluding carboxylic acids is 1. The van der Waals surface area contributed by atoms with Crippen LogP contribution in [0.25, 0.3) is 0 Å². The van der Waals surface area contributed by atoms with Crippen molar-refractivity contribution >= 4 is 12.1 Å². The van der Waals surface area contributed by atoms with Crippen LogP contribution in [0, 0.1) is 17.1 Å². The number of nitrogens with zero attached hydrogens (tertiary/aromatic N) is 2. The summed E-state index contributed by atoms with van der Waals surface area (Å²) < 4.78 is 24.1. The van der Waals surface area contributed by atoms with E-state index in [1.54, 1.807) is 36.4 Å². The highest BCUT2D eigenvalue weighted by Gasteiger charge is 2.07. The Bertz CT molecular complexity index is 1110. The molecule has 0 saturated carbocycles. The molecule has 7 heteroatoms. The van der Waals surface area contributed by atoms with E-state index < -0.39 is 11.7 Å². The summed E-state index contributed by atoms with van der Waals surface area (Å²) in [6, 6.07) is 19.6. The van der Waals surface area contributed by atoms with Gasteiger partial charge in [-0.2, -0.15) is 10.4 Å². The lowest BCUT2D eigenvalue weighted by molar-refractivity contribution is 0.0955. The first-order valence-electron chi connectivity index (χ1n) is 8.98. The lowest BCUT2D eigenvalue weighted by Crippen LogP contribution is -2.17. The van der Waals surface area contributed by atoms with Crippen LogP contribution in [0.3, 0.4) is 0 Å². The molecule has 0 saturated heterocycles. The smallest absolute Gasteiger partial charge is 0.271 e. The van der Waals surface area contributed by atoms with Crippen LogP contribution < -0.4 is 14.9 Å². The van der Waals surface area contributed by atoms with E-state index in [0.717, 1.165) is 5.56 Å². The topological polar surface area (TPSA) is 83.7 Å². The lowest BCUT2D eigenvalue weighted by Gasteiger charge is -2.11. The number of nitrogens with one attached hydrogen (secondary N) is 1. The Hall–Kier alpha value is -4.18. The molecule has 0 aliphatic heterocycles. The van der Waals surface area contributed by atoms with E-state index in [2.05, 4.69) is 16.6 Å². The molecule has 0 radical (unpaired) electrons. The lowest BCUT2D eigenvalue weighted by atomic mass is 10.1. The molecular formula is C23H18FN3O3. The summed E-state index contributed by atoms with van der Waals surface area (Å²) in [5, 5.41) is 12.9. The van der Waals surface area contributed by atoms with E-state index >= 15 is 0 Å². The molecule has 3 aromatic carbocycles. The van der Waals surface area contributed by atoms with Gasteiger partial charge in [-0.05, 0) is 65.7 Å². The Morgan fingerprint density at radius 3 is 2.67 bits per heavy atom. The van der Waals surface area contributed by atoms with Crippen molar-refractivity contribution in [3.8, 4) is 17.6 Å². The number of hydrogen-bond donors (Lipinski definition) is 1. The third-order valence-corrected chi connectivity index (χ3v) is 4.12. The number of methoxy groups -OCH3 is 1. The Morgan fingerprint density at radius 1 is 1.13 bits per heavy atom. The standard InChI is InChI=1S/C23H18FN3O3/c1-29-22-12-17(14-26-27-23(28)19-6-8-20(24)9-7-19)5-10-21(22)30-15-18-4-2-3-16(11-18)13-25/h2-12,14H,15H2,1H3,(H,27,28)/b26-14-. The van der Waals surface area contributed by atoms with Crippen molar-refractivity contribution in [1.82, 2.24) is 5.43 Å². The van der Waals surface area contributed by atoms with E-state index in [-0.39, 0.29) is 6.61 Å². The molecule has 0 aromatic heterocycles. The van der Waals surface area contributed by atoms with Crippen LogP contribution in [-0.2, 0) is 6.61 Å². The first-order valence-corrected chi connectivity index (χ1v) is 8.98. The van der Waals surface area contributed by atoms with Gasteiger partial charge in [0, 0.05) is 5.56 Å². The number of nitriles is 1. The number of benzene rings is 3. The SMILES string of the molecule is COc1cc(/C=N\NC(=O)c2ccc(F)cc2)ccc1OCc1cccc(C#N)c1. The van der Waals surface area contributed by atoms with E-state index in [1.807, 2.05) is 6.07 Å². The first kappa shape index (κ1) is 20.6. The molecule has 0 heterocycles. The van der Waals surface area contributed by atoms with Gasteiger partial charge in [0.15, 0.2) is 11.5 Å². The van der Waals surface area contributed by atoms with Crippen LogP contribution in [0.4, 0.5) is 4.39 Å². The van der Waals surface area contributed by atoms with Gasteiger partial charge in [-0.25, -0.2) is 9.82 Å². The minimum absolute atomic E-state index is 0.285. The van der Waals surface area contributed by atoms with Crippen molar-refractivity contribution in [2.75, 3.05) is 7.11 Å². The van der Waals surface area contributed by atoms with Crippen molar-refractivity contribution in [3.05, 3.63) is 94.8 Å². The van der Waals surface area contributed by atoms with Gasteiger partial charge >= 0.3 is 0 Å². The highest BCUT2D eigenvalue weighted by molar-refractivity contribution is 5.94. The van der Waals surface area contributed by atoms with E-state index in [0.29, 0.717) is 28.2 Å². The Kier molecular flexibility index (Phi) is 6.74. The Balaban J connectivity index is 1.63. The summed E-state index contributed by atoms with van der Waals surface area (Å²) in [4.78, 5) is 12.0. The molecule has 0 bridgehead atoms. The molecule has 1 amide bonds. The van der Waals surface area contributed by atoms with Gasteiger partial charge in [0.1, 0.15) is 12.4 Å². The molecule has 3 rings (SSSR count). The molecule has 6 nitrogen and oxygen atoms in total. The zero-order valence-electron chi connectivity index (χ0n) is 16.1. The number of ether oxygens (including phenoxy) is 2. The molecule has 0 spiro atoms. The van der Waals surface area contributed by atoms with Gasteiger partial charge in [0.2, 0.25) is 0 Å². The van der Waals surface area contributed by atoms with Gasteiger partial charge in [0.25, 0.3) is 5.91 Å². The molecule has 0 aliphatic carbocycles. The molecular weight excluding hydrogens is 385 g/mol. The number of amides is 1. The van der Waals surface area contributed by atoms with E-state index in [1.165, 1.54) is 37.6 Å². The molecule has 0 aliphatic rings. The largest absolute Gasteiger partial charge is 0.493 e. The second-order valence-corrected chi connectivity index (χ2v) is 6.22. The summed E-state index contributed by atoms with van der Waals surface area (Å²) in [7, 11) is 1.52. The second kappa shape index (κ2) is 9.85. The van der Waals surface area contributed by atoms with Gasteiger partial charge < -0.3 is 9.47 Å². The van der Waals surface area contributed by atoms with E-state index in [4.69, 9.17) is 14.7 Å². The predicted octanol–water partition coefficient (Wildman–Crippen LogP) is 4.05. The molecule has 150 valence electrons. The minimum Gasteiger partial charge on any atom is -0.493 e. The summed E-state index contributed by atoms with van der Waals surface area (Å²) in [5.74, 6) is 0.174. The Labute approximate surface area is 173 Å². The quantitative estimate of drug-likeness (QED) is 0.477. The fourth-order valence-corrected chi connectivity index (χ4v) is 2.61. The maximum absolute atomic E-state index is 12.9. The number of hydrazone groups is 1. The van der Waals surface area contributed by atoms with Crippen LogP contribution in [0.2, 0.25) is 0 Å². The summed E-state index contributed by atoms with van der Waals surface area (Å²) in [5.41, 5.74) is 4.81. The summed E-state index contributed by atoms with van der Waals surface area (Å²) in [6.45, 7) is 0.285. The minimum atomic E-state index is -0.447. The molecule has 30 heavy (non-hydrogen) atoms. The van der Waals surface area contributed by atoms with Gasteiger partial charge in [-0.1, -0.05) is 12.1 Å². The third-order valence-electron chi connectivity index (χ3n) is 4.12. The average molecular weight is 403 g/mol. The van der Waals surface area contributed by atoms with Crippen molar-refractivity contribution in [2.24, 2.45) is 5.10 Å². The zero-order chi connectivity index (χ0) is 21.3. The molecule has 3 aromatic rings. The number of rotatable bonds is 7. The van der Waals surface area contributed by atoms with Crippen molar-refractivity contribution in [3.63, 3.8) is 0 Å². The van der Waals surface area contributed by atoms with Gasteiger partial charge in [-0.3, -0.25) is 4.79 Å². The Morgan fingerprint density at radius 2 is 1.93 bits per heavy atom. The second-order valence-electron chi connectivity index (χ2n) is 6.22. The third kappa shape index (κ3) is 5.42. The van der Waals surface area contributed by atoms with Gasteiger partial charge in [0.05, 0.1) is 25.0 Å². The van der Waals surface area contributed by atoms with Crippen LogP contribution >= 0.6 is 0 Å².